The molecular weight excluding hydrogens is 399 g/mol. The molecule has 4 rings (SSSR count). The second kappa shape index (κ2) is 8.12. The SMILES string of the molecule is Cc1cccc(Cn2c(-c3csc(Nc4ccc(F)cc4)n3)cc(C(N)=O)c2C)c1. The first-order chi connectivity index (χ1) is 14.4. The maximum atomic E-state index is 13.1. The first-order valence-electron chi connectivity index (χ1n) is 9.44. The summed E-state index contributed by atoms with van der Waals surface area (Å²) in [7, 11) is 0. The van der Waals surface area contributed by atoms with E-state index in [1.807, 2.05) is 18.4 Å². The summed E-state index contributed by atoms with van der Waals surface area (Å²) in [4.78, 5) is 16.6. The Morgan fingerprint density at radius 1 is 1.17 bits per heavy atom. The molecule has 0 aliphatic heterocycles. The molecule has 0 aliphatic rings. The molecule has 152 valence electrons. The minimum absolute atomic E-state index is 0.288. The number of carbonyl (C=O) groups excluding carboxylic acids is 1. The van der Waals surface area contributed by atoms with Gasteiger partial charge in [-0.05, 0) is 49.7 Å². The van der Waals surface area contributed by atoms with E-state index in [0.717, 1.165) is 28.3 Å². The average molecular weight is 421 g/mol. The molecular formula is C23H21FN4OS. The van der Waals surface area contributed by atoms with E-state index in [2.05, 4.69) is 40.0 Å². The number of amides is 1. The van der Waals surface area contributed by atoms with Crippen LogP contribution >= 0.6 is 11.3 Å². The van der Waals surface area contributed by atoms with Crippen molar-refractivity contribution in [1.29, 1.82) is 0 Å². The first kappa shape index (κ1) is 19.8. The van der Waals surface area contributed by atoms with Gasteiger partial charge < -0.3 is 15.6 Å². The number of primary amides is 1. The Morgan fingerprint density at radius 2 is 1.93 bits per heavy atom. The van der Waals surface area contributed by atoms with Crippen LogP contribution < -0.4 is 11.1 Å². The number of rotatable bonds is 6. The molecule has 0 radical (unpaired) electrons. The second-order valence-corrected chi connectivity index (χ2v) is 8.00. The molecule has 0 saturated heterocycles. The van der Waals surface area contributed by atoms with Crippen molar-refractivity contribution in [3.05, 3.63) is 88.2 Å². The lowest BCUT2D eigenvalue weighted by molar-refractivity contribution is 0.0999. The minimum Gasteiger partial charge on any atom is -0.366 e. The zero-order valence-electron chi connectivity index (χ0n) is 16.6. The van der Waals surface area contributed by atoms with Crippen molar-refractivity contribution in [1.82, 2.24) is 9.55 Å². The number of hydrogen-bond donors (Lipinski definition) is 2. The van der Waals surface area contributed by atoms with E-state index in [-0.39, 0.29) is 5.82 Å². The fourth-order valence-electron chi connectivity index (χ4n) is 3.41. The van der Waals surface area contributed by atoms with E-state index in [0.29, 0.717) is 17.2 Å². The predicted molar refractivity (Wildman–Crippen MR) is 119 cm³/mol. The molecule has 0 spiro atoms. The van der Waals surface area contributed by atoms with E-state index in [1.165, 1.54) is 29.0 Å². The summed E-state index contributed by atoms with van der Waals surface area (Å²) in [6.07, 6.45) is 0. The summed E-state index contributed by atoms with van der Waals surface area (Å²) < 4.78 is 15.2. The molecule has 2 aromatic carbocycles. The molecule has 0 bridgehead atoms. The summed E-state index contributed by atoms with van der Waals surface area (Å²) in [5, 5.41) is 5.79. The maximum Gasteiger partial charge on any atom is 0.250 e. The Morgan fingerprint density at radius 3 is 2.63 bits per heavy atom. The topological polar surface area (TPSA) is 72.9 Å². The zero-order chi connectivity index (χ0) is 21.3. The van der Waals surface area contributed by atoms with Crippen molar-refractivity contribution < 1.29 is 9.18 Å². The van der Waals surface area contributed by atoms with Gasteiger partial charge in [-0.2, -0.15) is 0 Å². The standard InChI is InChI=1S/C23H21FN4OS/c1-14-4-3-5-16(10-14)12-28-15(2)19(22(25)29)11-21(28)20-13-30-23(27-20)26-18-8-6-17(24)7-9-18/h3-11,13H,12H2,1-2H3,(H2,25,29)(H,26,27). The van der Waals surface area contributed by atoms with Crippen molar-refractivity contribution in [3.8, 4) is 11.4 Å². The van der Waals surface area contributed by atoms with Gasteiger partial charge in [0.05, 0.1) is 17.0 Å². The van der Waals surface area contributed by atoms with Crippen LogP contribution in [0.25, 0.3) is 11.4 Å². The molecule has 0 unspecified atom stereocenters. The van der Waals surface area contributed by atoms with Gasteiger partial charge >= 0.3 is 0 Å². The van der Waals surface area contributed by atoms with E-state index in [1.54, 1.807) is 18.2 Å². The van der Waals surface area contributed by atoms with Crippen molar-refractivity contribution in [2.24, 2.45) is 5.73 Å². The van der Waals surface area contributed by atoms with Gasteiger partial charge in [-0.1, -0.05) is 29.8 Å². The van der Waals surface area contributed by atoms with E-state index in [9.17, 15) is 9.18 Å². The summed E-state index contributed by atoms with van der Waals surface area (Å²) in [6, 6.07) is 16.2. The van der Waals surface area contributed by atoms with Crippen LogP contribution in [-0.2, 0) is 6.54 Å². The Hall–Kier alpha value is -3.45. The molecule has 0 atom stereocenters. The molecule has 1 amide bonds. The number of aryl methyl sites for hydroxylation is 1. The quantitative estimate of drug-likeness (QED) is 0.447. The largest absolute Gasteiger partial charge is 0.366 e. The summed E-state index contributed by atoms with van der Waals surface area (Å²) in [5.41, 5.74) is 11.5. The highest BCUT2D eigenvalue weighted by Gasteiger charge is 2.19. The normalized spacial score (nSPS) is 10.9. The third kappa shape index (κ3) is 4.11. The monoisotopic (exact) mass is 420 g/mol. The van der Waals surface area contributed by atoms with Gasteiger partial charge in [-0.15, -0.1) is 11.3 Å². The van der Waals surface area contributed by atoms with Crippen LogP contribution in [0.2, 0.25) is 0 Å². The van der Waals surface area contributed by atoms with Crippen LogP contribution in [0.3, 0.4) is 0 Å². The Labute approximate surface area is 178 Å². The van der Waals surface area contributed by atoms with Crippen LogP contribution in [0, 0.1) is 19.7 Å². The Kier molecular flexibility index (Phi) is 5.37. The lowest BCUT2D eigenvalue weighted by Gasteiger charge is -2.11. The molecule has 30 heavy (non-hydrogen) atoms. The van der Waals surface area contributed by atoms with Crippen LogP contribution in [0.1, 0.15) is 27.2 Å². The molecule has 5 nitrogen and oxygen atoms in total. The van der Waals surface area contributed by atoms with E-state index < -0.39 is 5.91 Å². The third-order valence-corrected chi connectivity index (χ3v) is 5.67. The Balaban J connectivity index is 1.69. The summed E-state index contributed by atoms with van der Waals surface area (Å²) in [5.74, 6) is -0.750. The number of thiazole rings is 1. The minimum atomic E-state index is -0.461. The molecule has 2 aromatic heterocycles. The zero-order valence-corrected chi connectivity index (χ0v) is 17.5. The third-order valence-electron chi connectivity index (χ3n) is 4.92. The molecule has 0 saturated carbocycles. The number of anilines is 2. The van der Waals surface area contributed by atoms with Gasteiger partial charge in [-0.3, -0.25) is 4.79 Å². The first-order valence-corrected chi connectivity index (χ1v) is 10.3. The molecule has 2 heterocycles. The summed E-state index contributed by atoms with van der Waals surface area (Å²) in [6.45, 7) is 4.55. The van der Waals surface area contributed by atoms with Gasteiger partial charge in [0, 0.05) is 23.3 Å². The van der Waals surface area contributed by atoms with Gasteiger partial charge in [-0.25, -0.2) is 9.37 Å². The van der Waals surface area contributed by atoms with Crippen molar-refractivity contribution >= 4 is 28.1 Å². The molecule has 4 aromatic rings. The average Bonchev–Trinajstić information content (AvgIpc) is 3.29. The number of halogens is 1. The highest BCUT2D eigenvalue weighted by Crippen LogP contribution is 2.31. The van der Waals surface area contributed by atoms with Crippen LogP contribution in [-0.4, -0.2) is 15.5 Å². The van der Waals surface area contributed by atoms with Crippen molar-refractivity contribution in [2.45, 2.75) is 20.4 Å². The van der Waals surface area contributed by atoms with Gasteiger partial charge in [0.1, 0.15) is 5.82 Å². The van der Waals surface area contributed by atoms with Gasteiger partial charge in [0.25, 0.3) is 5.91 Å². The highest BCUT2D eigenvalue weighted by atomic mass is 32.1. The van der Waals surface area contributed by atoms with Gasteiger partial charge in [0.2, 0.25) is 0 Å². The van der Waals surface area contributed by atoms with E-state index >= 15 is 0 Å². The van der Waals surface area contributed by atoms with Crippen LogP contribution in [0.5, 0.6) is 0 Å². The van der Waals surface area contributed by atoms with Crippen molar-refractivity contribution in [2.75, 3.05) is 5.32 Å². The van der Waals surface area contributed by atoms with Crippen LogP contribution in [0.4, 0.5) is 15.2 Å². The number of nitrogens with one attached hydrogen (secondary N) is 1. The second-order valence-electron chi connectivity index (χ2n) is 7.14. The number of aromatic nitrogens is 2. The van der Waals surface area contributed by atoms with Gasteiger partial charge in [0.15, 0.2) is 5.13 Å². The number of benzene rings is 2. The molecule has 0 fully saturated rings. The maximum absolute atomic E-state index is 13.1. The Bertz CT molecular complexity index is 1210. The highest BCUT2D eigenvalue weighted by molar-refractivity contribution is 7.14. The molecule has 7 heteroatoms. The number of nitrogens with zero attached hydrogens (tertiary/aromatic N) is 2. The molecule has 0 aliphatic carbocycles. The fourth-order valence-corrected chi connectivity index (χ4v) is 4.13. The number of nitrogens with two attached hydrogens (primary N) is 1. The molecule has 3 N–H and O–H groups in total. The number of carbonyl (C=O) groups is 1. The van der Waals surface area contributed by atoms with Crippen molar-refractivity contribution in [3.63, 3.8) is 0 Å². The lowest BCUT2D eigenvalue weighted by Crippen LogP contribution is -2.12. The smallest absolute Gasteiger partial charge is 0.250 e. The van der Waals surface area contributed by atoms with E-state index in [4.69, 9.17) is 5.73 Å². The predicted octanol–water partition coefficient (Wildman–Crippen LogP) is 5.26. The lowest BCUT2D eigenvalue weighted by atomic mass is 10.1. The van der Waals surface area contributed by atoms with Crippen LogP contribution in [0.15, 0.2) is 60.0 Å². The fraction of sp³-hybridized carbons (Fsp3) is 0.130. The number of hydrogen-bond acceptors (Lipinski definition) is 4. The summed E-state index contributed by atoms with van der Waals surface area (Å²) >= 11 is 1.44.